The fraction of sp³-hybridized carbons (Fsp3) is 0.286. The number of carbonyl (C=O) groups is 2. The normalized spacial score (nSPS) is 9.65. The molecule has 0 aliphatic rings. The Hall–Kier alpha value is -3.10. The van der Waals surface area contributed by atoms with Crippen molar-refractivity contribution in [3.63, 3.8) is 0 Å². The topological polar surface area (TPSA) is 128 Å². The van der Waals surface area contributed by atoms with Crippen molar-refractivity contribution in [2.24, 2.45) is 0 Å². The smallest absolute Gasteiger partial charge is 0.347 e. The zero-order valence-electron chi connectivity index (χ0n) is 12.6. The highest BCUT2D eigenvalue weighted by molar-refractivity contribution is 6.14. The van der Waals surface area contributed by atoms with E-state index in [0.717, 1.165) is 24.4 Å². The number of nitrogens with one attached hydrogen (secondary N) is 1. The lowest BCUT2D eigenvalue weighted by Crippen LogP contribution is -2.19. The number of hydrogen-bond donors (Lipinski definition) is 2. The van der Waals surface area contributed by atoms with E-state index in [4.69, 9.17) is 9.47 Å². The number of rotatable bonds is 7. The van der Waals surface area contributed by atoms with Crippen LogP contribution in [-0.4, -0.2) is 35.2 Å². The Bertz CT molecular complexity index is 620. The molecule has 0 atom stereocenters. The first kappa shape index (κ1) is 18.0. The van der Waals surface area contributed by atoms with Gasteiger partial charge in [0.1, 0.15) is 5.75 Å². The lowest BCUT2D eigenvalue weighted by atomic mass is 10.2. The van der Waals surface area contributed by atoms with Crippen molar-refractivity contribution in [3.8, 4) is 5.75 Å². The number of non-ortho nitro benzene ring substituents is 1. The number of benzene rings is 1. The molecule has 0 radical (unpaired) electrons. The molecule has 23 heavy (non-hydrogen) atoms. The molecule has 2 N–H and O–H groups in total. The predicted molar refractivity (Wildman–Crippen MR) is 79.7 cm³/mol. The molecule has 0 saturated heterocycles. The molecule has 124 valence electrons. The fourth-order valence-electron chi connectivity index (χ4n) is 1.52. The number of nitro benzene ring substituents is 1. The second-order valence-corrected chi connectivity index (χ2v) is 4.10. The Kier molecular flexibility index (Phi) is 6.53. The molecule has 9 nitrogen and oxygen atoms in total. The molecule has 0 heterocycles. The number of esters is 2. The summed E-state index contributed by atoms with van der Waals surface area (Å²) in [6.45, 7) is 3.25. The number of ether oxygens (including phenoxy) is 2. The molecular weight excluding hydrogens is 308 g/mol. The van der Waals surface area contributed by atoms with Gasteiger partial charge in [0.05, 0.1) is 23.8 Å². The van der Waals surface area contributed by atoms with Crippen molar-refractivity contribution >= 4 is 23.3 Å². The lowest BCUT2D eigenvalue weighted by molar-refractivity contribution is -0.384. The van der Waals surface area contributed by atoms with E-state index in [1.54, 1.807) is 13.8 Å². The van der Waals surface area contributed by atoms with Crippen molar-refractivity contribution in [2.75, 3.05) is 18.5 Å². The summed E-state index contributed by atoms with van der Waals surface area (Å²) in [7, 11) is 0. The minimum absolute atomic E-state index is 0.0507. The van der Waals surface area contributed by atoms with Gasteiger partial charge in [0.15, 0.2) is 5.57 Å². The second kappa shape index (κ2) is 8.37. The van der Waals surface area contributed by atoms with Gasteiger partial charge in [0, 0.05) is 18.3 Å². The molecule has 0 aromatic heterocycles. The number of hydrogen-bond acceptors (Lipinski definition) is 8. The Morgan fingerprint density at radius 2 is 1.83 bits per heavy atom. The third kappa shape index (κ3) is 4.99. The summed E-state index contributed by atoms with van der Waals surface area (Å²) in [4.78, 5) is 33.6. The van der Waals surface area contributed by atoms with Gasteiger partial charge in [0.25, 0.3) is 5.69 Å². The molecule has 0 bridgehead atoms. The third-order valence-electron chi connectivity index (χ3n) is 2.55. The zero-order chi connectivity index (χ0) is 17.4. The van der Waals surface area contributed by atoms with Crippen LogP contribution in [-0.2, 0) is 19.1 Å². The van der Waals surface area contributed by atoms with Crippen LogP contribution in [0.1, 0.15) is 13.8 Å². The SMILES string of the molecule is CCOC(=O)C(=CNc1cc([N+](=O)[O-])ccc1O)C(=O)OCC. The number of carbonyl (C=O) groups excluding carboxylic acids is 2. The lowest BCUT2D eigenvalue weighted by Gasteiger charge is -2.08. The third-order valence-corrected chi connectivity index (χ3v) is 2.55. The fourth-order valence-corrected chi connectivity index (χ4v) is 1.52. The van der Waals surface area contributed by atoms with E-state index in [-0.39, 0.29) is 30.3 Å². The Labute approximate surface area is 131 Å². The summed E-state index contributed by atoms with van der Waals surface area (Å²) in [5.41, 5.74) is -0.752. The van der Waals surface area contributed by atoms with Crippen LogP contribution in [0, 0.1) is 10.1 Å². The number of phenols is 1. The summed E-state index contributed by atoms with van der Waals surface area (Å²) >= 11 is 0. The first-order chi connectivity index (χ1) is 10.9. The molecule has 0 aliphatic carbocycles. The summed E-state index contributed by atoms with van der Waals surface area (Å²) < 4.78 is 9.47. The minimum atomic E-state index is -0.914. The molecule has 0 fully saturated rings. The van der Waals surface area contributed by atoms with Crippen molar-refractivity contribution in [2.45, 2.75) is 13.8 Å². The highest BCUT2D eigenvalue weighted by Gasteiger charge is 2.21. The van der Waals surface area contributed by atoms with Crippen LogP contribution < -0.4 is 5.32 Å². The van der Waals surface area contributed by atoms with E-state index in [1.807, 2.05) is 0 Å². The Morgan fingerprint density at radius 3 is 2.30 bits per heavy atom. The number of aromatic hydroxyl groups is 1. The largest absolute Gasteiger partial charge is 0.506 e. The van der Waals surface area contributed by atoms with Crippen molar-refractivity contribution in [1.29, 1.82) is 0 Å². The van der Waals surface area contributed by atoms with Crippen LogP contribution in [0.2, 0.25) is 0 Å². The number of nitro groups is 1. The van der Waals surface area contributed by atoms with Gasteiger partial charge in [0.2, 0.25) is 0 Å². The summed E-state index contributed by atoms with van der Waals surface area (Å²) in [5.74, 6) is -2.12. The molecule has 9 heteroatoms. The van der Waals surface area contributed by atoms with Gasteiger partial charge in [-0.15, -0.1) is 0 Å². The van der Waals surface area contributed by atoms with E-state index in [1.165, 1.54) is 0 Å². The first-order valence-corrected chi connectivity index (χ1v) is 6.69. The quantitative estimate of drug-likeness (QED) is 0.148. The monoisotopic (exact) mass is 324 g/mol. The molecule has 0 amide bonds. The first-order valence-electron chi connectivity index (χ1n) is 6.69. The molecule has 0 unspecified atom stereocenters. The molecular formula is C14H16N2O7. The van der Waals surface area contributed by atoms with Gasteiger partial charge in [-0.3, -0.25) is 10.1 Å². The molecule has 0 aliphatic heterocycles. The molecule has 0 spiro atoms. The van der Waals surface area contributed by atoms with Crippen LogP contribution in [0.5, 0.6) is 5.75 Å². The average Bonchev–Trinajstić information content (AvgIpc) is 2.49. The van der Waals surface area contributed by atoms with Gasteiger partial charge in [-0.2, -0.15) is 0 Å². The second-order valence-electron chi connectivity index (χ2n) is 4.10. The van der Waals surface area contributed by atoms with Crippen LogP contribution in [0.3, 0.4) is 0 Å². The van der Waals surface area contributed by atoms with Gasteiger partial charge in [-0.1, -0.05) is 0 Å². The van der Waals surface area contributed by atoms with Crippen molar-refractivity contribution < 1.29 is 29.1 Å². The molecule has 1 aromatic rings. The van der Waals surface area contributed by atoms with E-state index in [2.05, 4.69) is 5.32 Å². The summed E-state index contributed by atoms with van der Waals surface area (Å²) in [5, 5.41) is 22.9. The van der Waals surface area contributed by atoms with E-state index in [0.29, 0.717) is 0 Å². The maximum absolute atomic E-state index is 11.7. The summed E-state index contributed by atoms with van der Waals surface area (Å²) in [6, 6.07) is 3.28. The van der Waals surface area contributed by atoms with Crippen LogP contribution in [0.4, 0.5) is 11.4 Å². The predicted octanol–water partition coefficient (Wildman–Crippen LogP) is 1.72. The standard InChI is InChI=1S/C14H16N2O7/c1-3-22-13(18)10(14(19)23-4-2)8-15-11-7-9(16(20)21)5-6-12(11)17/h5-8,15,17H,3-4H2,1-2H3. The highest BCUT2D eigenvalue weighted by atomic mass is 16.6. The van der Waals surface area contributed by atoms with Gasteiger partial charge < -0.3 is 19.9 Å². The minimum Gasteiger partial charge on any atom is -0.506 e. The average molecular weight is 324 g/mol. The zero-order valence-corrected chi connectivity index (χ0v) is 12.6. The summed E-state index contributed by atoms with van der Waals surface area (Å²) in [6.07, 6.45) is 0.967. The highest BCUT2D eigenvalue weighted by Crippen LogP contribution is 2.28. The molecule has 1 aromatic carbocycles. The van der Waals surface area contributed by atoms with E-state index >= 15 is 0 Å². The maximum Gasteiger partial charge on any atom is 0.347 e. The van der Waals surface area contributed by atoms with Crippen molar-refractivity contribution in [1.82, 2.24) is 0 Å². The number of phenolic OH excluding ortho intramolecular Hbond substituents is 1. The molecule has 1 rings (SSSR count). The van der Waals surface area contributed by atoms with Gasteiger partial charge >= 0.3 is 11.9 Å². The van der Waals surface area contributed by atoms with E-state index in [9.17, 15) is 24.8 Å². The van der Waals surface area contributed by atoms with Gasteiger partial charge in [-0.05, 0) is 19.9 Å². The van der Waals surface area contributed by atoms with Crippen molar-refractivity contribution in [3.05, 3.63) is 40.1 Å². The molecule has 0 saturated carbocycles. The number of nitrogens with zero attached hydrogens (tertiary/aromatic N) is 1. The number of anilines is 1. The van der Waals surface area contributed by atoms with Crippen LogP contribution in [0.15, 0.2) is 30.0 Å². The van der Waals surface area contributed by atoms with Gasteiger partial charge in [-0.25, -0.2) is 9.59 Å². The van der Waals surface area contributed by atoms with E-state index < -0.39 is 22.4 Å². The van der Waals surface area contributed by atoms with Crippen LogP contribution in [0.25, 0.3) is 0 Å². The Balaban J connectivity index is 3.09. The van der Waals surface area contributed by atoms with Crippen LogP contribution >= 0.6 is 0 Å². The Morgan fingerprint density at radius 1 is 1.26 bits per heavy atom. The maximum atomic E-state index is 11.7.